The van der Waals surface area contributed by atoms with Crippen LogP contribution in [0.1, 0.15) is 19.7 Å². The standard InChI is InChI=1S/C19H17BrFN5O2S/c1-11(2)9-26-17(12-5-3-4-6-13(12)21)23-25-19(26)29-10-16-22-24-18(28-16)14-7-8-15(20)27-14/h3-8,11H,9-10H2,1-2H3. The molecule has 0 aliphatic heterocycles. The Labute approximate surface area is 178 Å². The lowest BCUT2D eigenvalue weighted by Gasteiger charge is -2.12. The molecule has 0 radical (unpaired) electrons. The highest BCUT2D eigenvalue weighted by atomic mass is 79.9. The molecule has 0 unspecified atom stereocenters. The van der Waals surface area contributed by atoms with E-state index < -0.39 is 0 Å². The molecule has 3 heterocycles. The molecule has 0 saturated heterocycles. The van der Waals surface area contributed by atoms with Crippen molar-refractivity contribution >= 4 is 27.7 Å². The van der Waals surface area contributed by atoms with Crippen molar-refractivity contribution in [3.05, 3.63) is 52.8 Å². The van der Waals surface area contributed by atoms with Crippen molar-refractivity contribution in [1.29, 1.82) is 0 Å². The molecular formula is C19H17BrFN5O2S. The molecule has 10 heteroatoms. The normalized spacial score (nSPS) is 11.5. The first kappa shape index (κ1) is 19.8. The predicted molar refractivity (Wildman–Crippen MR) is 110 cm³/mol. The number of aromatic nitrogens is 5. The highest BCUT2D eigenvalue weighted by Gasteiger charge is 2.19. The van der Waals surface area contributed by atoms with Crippen molar-refractivity contribution in [1.82, 2.24) is 25.0 Å². The van der Waals surface area contributed by atoms with Crippen LogP contribution >= 0.6 is 27.7 Å². The molecule has 0 bridgehead atoms. The van der Waals surface area contributed by atoms with Crippen LogP contribution in [0.3, 0.4) is 0 Å². The summed E-state index contributed by atoms with van der Waals surface area (Å²) >= 11 is 4.65. The summed E-state index contributed by atoms with van der Waals surface area (Å²) in [4.78, 5) is 0. The number of benzene rings is 1. The van der Waals surface area contributed by atoms with Crippen LogP contribution in [-0.2, 0) is 12.3 Å². The molecule has 1 aromatic carbocycles. The van der Waals surface area contributed by atoms with Crippen molar-refractivity contribution in [2.24, 2.45) is 5.92 Å². The molecule has 0 amide bonds. The Morgan fingerprint density at radius 2 is 1.90 bits per heavy atom. The molecule has 0 aliphatic rings. The molecule has 4 rings (SSSR count). The molecule has 4 aromatic rings. The third-order valence-corrected chi connectivity index (χ3v) is 5.33. The van der Waals surface area contributed by atoms with E-state index in [2.05, 4.69) is 50.2 Å². The number of thioether (sulfide) groups is 1. The van der Waals surface area contributed by atoms with Gasteiger partial charge in [-0.2, -0.15) is 0 Å². The van der Waals surface area contributed by atoms with Crippen LogP contribution in [0.2, 0.25) is 0 Å². The summed E-state index contributed by atoms with van der Waals surface area (Å²) in [5.74, 6) is 2.15. The zero-order valence-corrected chi connectivity index (χ0v) is 18.1. The Hall–Kier alpha value is -2.46. The quantitative estimate of drug-likeness (QED) is 0.327. The molecule has 150 valence electrons. The maximum absolute atomic E-state index is 14.3. The van der Waals surface area contributed by atoms with Crippen LogP contribution < -0.4 is 0 Å². The lowest BCUT2D eigenvalue weighted by atomic mass is 10.2. The van der Waals surface area contributed by atoms with Crippen LogP contribution in [0, 0.1) is 11.7 Å². The molecule has 7 nitrogen and oxygen atoms in total. The summed E-state index contributed by atoms with van der Waals surface area (Å²) in [6.07, 6.45) is 0. The van der Waals surface area contributed by atoms with Crippen LogP contribution in [-0.4, -0.2) is 25.0 Å². The second kappa shape index (κ2) is 8.50. The Morgan fingerprint density at radius 3 is 2.62 bits per heavy atom. The van der Waals surface area contributed by atoms with E-state index in [0.29, 0.717) is 57.0 Å². The summed E-state index contributed by atoms with van der Waals surface area (Å²) in [7, 11) is 0. The highest BCUT2D eigenvalue weighted by Crippen LogP contribution is 2.29. The van der Waals surface area contributed by atoms with E-state index in [4.69, 9.17) is 8.83 Å². The summed E-state index contributed by atoms with van der Waals surface area (Å²) in [6.45, 7) is 4.84. The lowest BCUT2D eigenvalue weighted by molar-refractivity contribution is 0.484. The Balaban J connectivity index is 1.56. The zero-order valence-electron chi connectivity index (χ0n) is 15.7. The first-order valence-corrected chi connectivity index (χ1v) is 10.7. The van der Waals surface area contributed by atoms with E-state index in [1.807, 2.05) is 4.57 Å². The number of rotatable bonds is 7. The number of halogens is 2. The van der Waals surface area contributed by atoms with Crippen LogP contribution in [0.15, 0.2) is 55.1 Å². The number of nitrogens with zero attached hydrogens (tertiary/aromatic N) is 5. The fourth-order valence-corrected chi connectivity index (χ4v) is 3.83. The fraction of sp³-hybridized carbons (Fsp3) is 0.263. The van der Waals surface area contributed by atoms with E-state index in [-0.39, 0.29) is 5.82 Å². The minimum atomic E-state index is -0.326. The Bertz CT molecular complexity index is 1120. The summed E-state index contributed by atoms with van der Waals surface area (Å²) in [5.41, 5.74) is 0.427. The van der Waals surface area contributed by atoms with Gasteiger partial charge in [-0.1, -0.05) is 37.7 Å². The molecule has 0 saturated carbocycles. The minimum Gasteiger partial charge on any atom is -0.444 e. The Kier molecular flexibility index (Phi) is 5.81. The number of hydrogen-bond acceptors (Lipinski definition) is 7. The maximum atomic E-state index is 14.3. The maximum Gasteiger partial charge on any atom is 0.283 e. The second-order valence-electron chi connectivity index (χ2n) is 6.68. The van der Waals surface area contributed by atoms with Crippen LogP contribution in [0.5, 0.6) is 0 Å². The largest absolute Gasteiger partial charge is 0.444 e. The van der Waals surface area contributed by atoms with Crippen LogP contribution in [0.25, 0.3) is 23.0 Å². The lowest BCUT2D eigenvalue weighted by Crippen LogP contribution is -2.08. The van der Waals surface area contributed by atoms with Gasteiger partial charge in [-0.05, 0) is 46.1 Å². The van der Waals surface area contributed by atoms with Crippen molar-refractivity contribution in [3.63, 3.8) is 0 Å². The van der Waals surface area contributed by atoms with Crippen molar-refractivity contribution < 1.29 is 13.2 Å². The zero-order chi connectivity index (χ0) is 20.4. The summed E-state index contributed by atoms with van der Waals surface area (Å²) in [5, 5.41) is 17.2. The van der Waals surface area contributed by atoms with Gasteiger partial charge in [-0.15, -0.1) is 20.4 Å². The van der Waals surface area contributed by atoms with Gasteiger partial charge < -0.3 is 13.4 Å². The van der Waals surface area contributed by atoms with E-state index in [1.165, 1.54) is 17.8 Å². The molecular weight excluding hydrogens is 461 g/mol. The van der Waals surface area contributed by atoms with Crippen molar-refractivity contribution in [2.45, 2.75) is 31.3 Å². The van der Waals surface area contributed by atoms with Gasteiger partial charge in [0.2, 0.25) is 5.89 Å². The summed E-state index contributed by atoms with van der Waals surface area (Å²) in [6, 6.07) is 10.1. The fourth-order valence-electron chi connectivity index (χ4n) is 2.73. The monoisotopic (exact) mass is 477 g/mol. The van der Waals surface area contributed by atoms with E-state index in [9.17, 15) is 4.39 Å². The average Bonchev–Trinajstić information content (AvgIpc) is 3.40. The third-order valence-electron chi connectivity index (χ3n) is 3.95. The topological polar surface area (TPSA) is 82.8 Å². The Morgan fingerprint density at radius 1 is 1.07 bits per heavy atom. The predicted octanol–water partition coefficient (Wildman–Crippen LogP) is 5.44. The van der Waals surface area contributed by atoms with Crippen LogP contribution in [0.4, 0.5) is 4.39 Å². The van der Waals surface area contributed by atoms with Crippen molar-refractivity contribution in [3.8, 4) is 23.0 Å². The van der Waals surface area contributed by atoms with E-state index in [1.54, 1.807) is 30.3 Å². The first-order valence-electron chi connectivity index (χ1n) is 8.90. The molecule has 0 N–H and O–H groups in total. The number of furan rings is 1. The van der Waals surface area contributed by atoms with Gasteiger partial charge in [0.15, 0.2) is 21.4 Å². The van der Waals surface area contributed by atoms with Gasteiger partial charge in [0.05, 0.1) is 11.3 Å². The van der Waals surface area contributed by atoms with Gasteiger partial charge in [-0.25, -0.2) is 4.39 Å². The molecule has 0 aliphatic carbocycles. The third kappa shape index (κ3) is 4.43. The van der Waals surface area contributed by atoms with E-state index in [0.717, 1.165) is 0 Å². The van der Waals surface area contributed by atoms with E-state index >= 15 is 0 Å². The molecule has 3 aromatic heterocycles. The van der Waals surface area contributed by atoms with Gasteiger partial charge in [0.25, 0.3) is 5.89 Å². The van der Waals surface area contributed by atoms with Crippen molar-refractivity contribution in [2.75, 3.05) is 0 Å². The van der Waals surface area contributed by atoms with Gasteiger partial charge in [0, 0.05) is 6.54 Å². The second-order valence-corrected chi connectivity index (χ2v) is 8.41. The smallest absolute Gasteiger partial charge is 0.283 e. The molecule has 0 fully saturated rings. The minimum absolute atomic E-state index is 0.307. The molecule has 0 atom stereocenters. The summed E-state index contributed by atoms with van der Waals surface area (Å²) < 4.78 is 27.9. The molecule has 0 spiro atoms. The number of hydrogen-bond donors (Lipinski definition) is 0. The van der Waals surface area contributed by atoms with Gasteiger partial charge in [-0.3, -0.25) is 0 Å². The first-order chi connectivity index (χ1) is 14.0. The van der Waals surface area contributed by atoms with Gasteiger partial charge in [0.1, 0.15) is 5.82 Å². The van der Waals surface area contributed by atoms with Gasteiger partial charge >= 0.3 is 0 Å². The highest BCUT2D eigenvalue weighted by molar-refractivity contribution is 9.10. The SMILES string of the molecule is CC(C)Cn1c(SCc2nnc(-c3ccc(Br)o3)o2)nnc1-c1ccccc1F. The molecule has 29 heavy (non-hydrogen) atoms. The average molecular weight is 478 g/mol.